The van der Waals surface area contributed by atoms with Gasteiger partial charge in [-0.1, -0.05) is 0 Å². The monoisotopic (exact) mass is 248 g/mol. The predicted molar refractivity (Wildman–Crippen MR) is 72.2 cm³/mol. The Bertz CT molecular complexity index is 423. The topological polar surface area (TPSA) is 47.1 Å². The smallest absolute Gasteiger partial charge is 0.127 e. The van der Waals surface area contributed by atoms with Crippen LogP contribution in [0.4, 0.5) is 0 Å². The van der Waals surface area contributed by atoms with Gasteiger partial charge in [0.05, 0.1) is 12.2 Å². The van der Waals surface area contributed by atoms with Crippen LogP contribution >= 0.6 is 0 Å². The van der Waals surface area contributed by atoms with E-state index in [2.05, 4.69) is 23.3 Å². The van der Waals surface area contributed by atoms with Gasteiger partial charge >= 0.3 is 0 Å². The summed E-state index contributed by atoms with van der Waals surface area (Å²) in [4.78, 5) is 7.27. The zero-order chi connectivity index (χ0) is 12.7. The van der Waals surface area contributed by atoms with Gasteiger partial charge in [0.25, 0.3) is 0 Å². The van der Waals surface area contributed by atoms with E-state index in [1.807, 2.05) is 6.20 Å². The number of aryl methyl sites for hydroxylation is 1. The molecule has 0 bridgehead atoms. The lowest BCUT2D eigenvalue weighted by molar-refractivity contribution is 0.190. The number of aromatic nitrogens is 2. The molecule has 4 nitrogen and oxygen atoms in total. The molecule has 0 aliphatic carbocycles. The molecule has 0 saturated carbocycles. The third-order valence-electron chi connectivity index (χ3n) is 4.42. The fraction of sp³-hybridized carbons (Fsp3) is 0.786. The second-order valence-electron chi connectivity index (χ2n) is 5.93. The van der Waals surface area contributed by atoms with Crippen LogP contribution in [-0.2, 0) is 6.42 Å². The Hall–Kier alpha value is -0.870. The Kier molecular flexibility index (Phi) is 3.16. The van der Waals surface area contributed by atoms with E-state index in [4.69, 9.17) is 10.7 Å². The third kappa shape index (κ3) is 1.88. The van der Waals surface area contributed by atoms with Crippen molar-refractivity contribution in [2.75, 3.05) is 6.54 Å². The zero-order valence-electron chi connectivity index (χ0n) is 11.5. The maximum absolute atomic E-state index is 6.29. The van der Waals surface area contributed by atoms with Gasteiger partial charge in [-0.2, -0.15) is 0 Å². The highest BCUT2D eigenvalue weighted by Crippen LogP contribution is 2.35. The van der Waals surface area contributed by atoms with E-state index in [0.29, 0.717) is 12.1 Å². The second kappa shape index (κ2) is 4.67. The molecule has 1 aromatic rings. The molecule has 2 aliphatic heterocycles. The van der Waals surface area contributed by atoms with Crippen LogP contribution in [0.3, 0.4) is 0 Å². The number of nitrogens with two attached hydrogens (primary N) is 1. The Morgan fingerprint density at radius 3 is 2.94 bits per heavy atom. The Balaban J connectivity index is 1.95. The van der Waals surface area contributed by atoms with Crippen LogP contribution in [0.25, 0.3) is 0 Å². The van der Waals surface area contributed by atoms with E-state index in [0.717, 1.165) is 12.8 Å². The van der Waals surface area contributed by atoms with E-state index in [1.165, 1.54) is 37.3 Å². The number of imidazole rings is 1. The van der Waals surface area contributed by atoms with Gasteiger partial charge in [0.2, 0.25) is 0 Å². The first-order chi connectivity index (χ1) is 8.68. The van der Waals surface area contributed by atoms with Gasteiger partial charge in [-0.3, -0.25) is 4.90 Å². The minimum absolute atomic E-state index is 0.140. The molecule has 0 radical (unpaired) electrons. The molecule has 2 aliphatic rings. The largest absolute Gasteiger partial charge is 0.315 e. The number of fused-ring (bicyclic) bond motifs is 1. The summed E-state index contributed by atoms with van der Waals surface area (Å²) >= 11 is 0. The van der Waals surface area contributed by atoms with E-state index in [1.54, 1.807) is 0 Å². The average Bonchev–Trinajstić information content (AvgIpc) is 2.94. The number of likely N-dealkylation sites (tertiary alicyclic amines) is 1. The standard InChI is InChI=1S/C14H24N4/c1-10(2)17-8-4-6-12(17)14-16-9-11-5-3-7-13(15)18(11)14/h9-10,12-13H,3-8,15H2,1-2H3. The summed E-state index contributed by atoms with van der Waals surface area (Å²) in [6.45, 7) is 5.75. The van der Waals surface area contributed by atoms with Crippen LogP contribution in [0.5, 0.6) is 0 Å². The minimum Gasteiger partial charge on any atom is -0.315 e. The first kappa shape index (κ1) is 12.2. The fourth-order valence-corrected chi connectivity index (χ4v) is 3.53. The van der Waals surface area contributed by atoms with Crippen molar-refractivity contribution in [3.05, 3.63) is 17.7 Å². The van der Waals surface area contributed by atoms with Crippen molar-refractivity contribution in [1.82, 2.24) is 14.5 Å². The summed E-state index contributed by atoms with van der Waals surface area (Å²) in [7, 11) is 0. The molecule has 0 amide bonds. The molecule has 3 rings (SSSR count). The van der Waals surface area contributed by atoms with E-state index < -0.39 is 0 Å². The van der Waals surface area contributed by atoms with Gasteiger partial charge in [0.1, 0.15) is 5.82 Å². The number of rotatable bonds is 2. The Labute approximate surface area is 109 Å². The van der Waals surface area contributed by atoms with Crippen LogP contribution < -0.4 is 5.73 Å². The summed E-state index contributed by atoms with van der Waals surface area (Å²) < 4.78 is 2.31. The van der Waals surface area contributed by atoms with Gasteiger partial charge < -0.3 is 10.3 Å². The minimum atomic E-state index is 0.140. The lowest BCUT2D eigenvalue weighted by Gasteiger charge is -2.31. The molecule has 3 heterocycles. The summed E-state index contributed by atoms with van der Waals surface area (Å²) in [6, 6.07) is 1.06. The van der Waals surface area contributed by atoms with Gasteiger partial charge in [-0.25, -0.2) is 4.98 Å². The quantitative estimate of drug-likeness (QED) is 0.873. The van der Waals surface area contributed by atoms with Gasteiger partial charge in [-0.05, 0) is 52.5 Å². The highest BCUT2D eigenvalue weighted by Gasteiger charge is 2.33. The van der Waals surface area contributed by atoms with Crippen LogP contribution in [0.1, 0.15) is 63.3 Å². The van der Waals surface area contributed by atoms with Crippen molar-refractivity contribution in [2.24, 2.45) is 5.73 Å². The number of nitrogens with zero attached hydrogens (tertiary/aromatic N) is 3. The molecular weight excluding hydrogens is 224 g/mol. The fourth-order valence-electron chi connectivity index (χ4n) is 3.53. The first-order valence-electron chi connectivity index (χ1n) is 7.26. The Morgan fingerprint density at radius 1 is 1.33 bits per heavy atom. The van der Waals surface area contributed by atoms with Crippen LogP contribution in [0.2, 0.25) is 0 Å². The Morgan fingerprint density at radius 2 is 2.17 bits per heavy atom. The van der Waals surface area contributed by atoms with Crippen molar-refractivity contribution >= 4 is 0 Å². The molecule has 2 unspecified atom stereocenters. The van der Waals surface area contributed by atoms with Crippen molar-refractivity contribution in [1.29, 1.82) is 0 Å². The molecular formula is C14H24N4. The van der Waals surface area contributed by atoms with Crippen molar-refractivity contribution in [3.63, 3.8) is 0 Å². The van der Waals surface area contributed by atoms with Crippen LogP contribution in [0.15, 0.2) is 6.20 Å². The van der Waals surface area contributed by atoms with Gasteiger partial charge in [0.15, 0.2) is 0 Å². The maximum atomic E-state index is 6.29. The number of hydrogen-bond acceptors (Lipinski definition) is 3. The second-order valence-corrected chi connectivity index (χ2v) is 5.93. The third-order valence-corrected chi connectivity index (χ3v) is 4.42. The SMILES string of the molecule is CC(C)N1CCCC1c1ncc2n1C(N)CCC2. The molecule has 2 atom stereocenters. The van der Waals surface area contributed by atoms with Crippen molar-refractivity contribution in [3.8, 4) is 0 Å². The van der Waals surface area contributed by atoms with Crippen molar-refractivity contribution in [2.45, 2.75) is 64.2 Å². The normalized spacial score (nSPS) is 28.9. The van der Waals surface area contributed by atoms with E-state index in [9.17, 15) is 0 Å². The maximum Gasteiger partial charge on any atom is 0.127 e. The predicted octanol–water partition coefficient (Wildman–Crippen LogP) is 2.22. The zero-order valence-corrected chi connectivity index (χ0v) is 11.5. The van der Waals surface area contributed by atoms with Crippen molar-refractivity contribution < 1.29 is 0 Å². The lowest BCUT2D eigenvalue weighted by Crippen LogP contribution is -2.34. The van der Waals surface area contributed by atoms with Gasteiger partial charge in [-0.15, -0.1) is 0 Å². The summed E-state index contributed by atoms with van der Waals surface area (Å²) in [5.74, 6) is 1.21. The molecule has 100 valence electrons. The van der Waals surface area contributed by atoms with Crippen LogP contribution in [0, 0.1) is 0 Å². The summed E-state index contributed by atoms with van der Waals surface area (Å²) in [5, 5.41) is 0. The molecule has 0 aromatic carbocycles. The van der Waals surface area contributed by atoms with Crippen LogP contribution in [-0.4, -0.2) is 27.0 Å². The highest BCUT2D eigenvalue weighted by molar-refractivity contribution is 5.14. The first-order valence-corrected chi connectivity index (χ1v) is 7.26. The molecule has 4 heteroatoms. The van der Waals surface area contributed by atoms with Gasteiger partial charge in [0, 0.05) is 17.9 Å². The summed E-state index contributed by atoms with van der Waals surface area (Å²) in [5.41, 5.74) is 7.62. The van der Waals surface area contributed by atoms with E-state index in [-0.39, 0.29) is 6.17 Å². The molecule has 0 spiro atoms. The molecule has 1 saturated heterocycles. The highest BCUT2D eigenvalue weighted by atomic mass is 15.3. The molecule has 2 N–H and O–H groups in total. The molecule has 1 aromatic heterocycles. The summed E-state index contributed by atoms with van der Waals surface area (Å²) in [6.07, 6.45) is 8.11. The molecule has 1 fully saturated rings. The van der Waals surface area contributed by atoms with E-state index >= 15 is 0 Å². The molecule has 18 heavy (non-hydrogen) atoms. The average molecular weight is 248 g/mol. The lowest BCUT2D eigenvalue weighted by atomic mass is 10.1. The number of hydrogen-bond donors (Lipinski definition) is 1.